The Kier molecular flexibility index (Phi) is 6.51. The quantitative estimate of drug-likeness (QED) is 0.784. The lowest BCUT2D eigenvalue weighted by molar-refractivity contribution is -0.129. The van der Waals surface area contributed by atoms with Gasteiger partial charge in [0.1, 0.15) is 11.6 Å². The first-order valence-electron chi connectivity index (χ1n) is 7.87. The van der Waals surface area contributed by atoms with E-state index >= 15 is 0 Å². The summed E-state index contributed by atoms with van der Waals surface area (Å²) in [6.45, 7) is 1.86. The second-order valence-corrected chi connectivity index (χ2v) is 5.42. The normalized spacial score (nSPS) is 11.5. The third kappa shape index (κ3) is 5.31. The van der Waals surface area contributed by atoms with Crippen LogP contribution < -0.4 is 10.1 Å². The van der Waals surface area contributed by atoms with Gasteiger partial charge < -0.3 is 14.8 Å². The van der Waals surface area contributed by atoms with Gasteiger partial charge >= 0.3 is 5.97 Å². The van der Waals surface area contributed by atoms with Gasteiger partial charge in [-0.15, -0.1) is 0 Å². The van der Waals surface area contributed by atoms with Gasteiger partial charge in [-0.05, 0) is 31.0 Å². The van der Waals surface area contributed by atoms with E-state index < -0.39 is 23.8 Å². The SMILES string of the molecule is COc1ccc(C(=O)O[C@@H](C)C(=O)NCCc2ccccc2)c(F)c1. The summed E-state index contributed by atoms with van der Waals surface area (Å²) < 4.78 is 23.7. The average molecular weight is 345 g/mol. The Morgan fingerprint density at radius 3 is 2.52 bits per heavy atom. The minimum atomic E-state index is -1.02. The molecule has 132 valence electrons. The van der Waals surface area contributed by atoms with E-state index in [1.54, 1.807) is 0 Å². The Morgan fingerprint density at radius 1 is 1.16 bits per heavy atom. The smallest absolute Gasteiger partial charge is 0.341 e. The van der Waals surface area contributed by atoms with Crippen molar-refractivity contribution in [2.24, 2.45) is 0 Å². The van der Waals surface area contributed by atoms with Crippen molar-refractivity contribution in [1.82, 2.24) is 5.32 Å². The van der Waals surface area contributed by atoms with Crippen molar-refractivity contribution in [1.29, 1.82) is 0 Å². The molecule has 0 aliphatic carbocycles. The molecule has 0 saturated heterocycles. The van der Waals surface area contributed by atoms with Crippen LogP contribution >= 0.6 is 0 Å². The summed E-state index contributed by atoms with van der Waals surface area (Å²) in [5.41, 5.74) is 0.845. The maximum absolute atomic E-state index is 13.8. The number of benzene rings is 2. The van der Waals surface area contributed by atoms with E-state index in [4.69, 9.17) is 9.47 Å². The molecule has 0 spiro atoms. The number of methoxy groups -OCH3 is 1. The molecule has 1 N–H and O–H groups in total. The van der Waals surface area contributed by atoms with Crippen molar-refractivity contribution >= 4 is 11.9 Å². The van der Waals surface area contributed by atoms with E-state index in [-0.39, 0.29) is 5.56 Å². The van der Waals surface area contributed by atoms with Crippen LogP contribution in [0.15, 0.2) is 48.5 Å². The number of ether oxygens (including phenoxy) is 2. The van der Waals surface area contributed by atoms with Gasteiger partial charge in [-0.3, -0.25) is 4.79 Å². The number of halogens is 1. The Labute approximate surface area is 145 Å². The van der Waals surface area contributed by atoms with Gasteiger partial charge in [-0.25, -0.2) is 9.18 Å². The number of esters is 1. The van der Waals surface area contributed by atoms with Crippen LogP contribution in [0, 0.1) is 5.82 Å². The molecule has 2 aromatic carbocycles. The van der Waals surface area contributed by atoms with Crippen molar-refractivity contribution in [2.75, 3.05) is 13.7 Å². The first-order chi connectivity index (χ1) is 12.0. The Bertz CT molecular complexity index is 733. The summed E-state index contributed by atoms with van der Waals surface area (Å²) in [6.07, 6.45) is -0.356. The summed E-state index contributed by atoms with van der Waals surface area (Å²) in [5.74, 6) is -1.80. The van der Waals surface area contributed by atoms with Gasteiger partial charge in [-0.2, -0.15) is 0 Å². The molecule has 0 aromatic heterocycles. The average Bonchev–Trinajstić information content (AvgIpc) is 2.62. The number of hydrogen-bond donors (Lipinski definition) is 1. The van der Waals surface area contributed by atoms with E-state index in [1.807, 2.05) is 30.3 Å². The first-order valence-corrected chi connectivity index (χ1v) is 7.87. The molecule has 1 amide bonds. The van der Waals surface area contributed by atoms with Crippen LogP contribution in [0.1, 0.15) is 22.8 Å². The fourth-order valence-electron chi connectivity index (χ4n) is 2.18. The van der Waals surface area contributed by atoms with Gasteiger partial charge in [0.05, 0.1) is 12.7 Å². The lowest BCUT2D eigenvalue weighted by atomic mass is 10.1. The standard InChI is InChI=1S/C19H20FNO4/c1-13(18(22)21-11-10-14-6-4-3-5-7-14)25-19(23)16-9-8-15(24-2)12-17(16)20/h3-9,12-13H,10-11H2,1-2H3,(H,21,22)/t13-/m0/s1. The van der Waals surface area contributed by atoms with Crippen molar-refractivity contribution in [3.63, 3.8) is 0 Å². The van der Waals surface area contributed by atoms with Crippen LogP contribution in [0.25, 0.3) is 0 Å². The summed E-state index contributed by atoms with van der Waals surface area (Å²) >= 11 is 0. The Morgan fingerprint density at radius 2 is 1.88 bits per heavy atom. The number of carbonyl (C=O) groups is 2. The Hall–Kier alpha value is -2.89. The maximum Gasteiger partial charge on any atom is 0.341 e. The van der Waals surface area contributed by atoms with Crippen molar-refractivity contribution < 1.29 is 23.5 Å². The molecule has 0 unspecified atom stereocenters. The zero-order valence-corrected chi connectivity index (χ0v) is 14.1. The minimum absolute atomic E-state index is 0.246. The molecule has 1 atom stereocenters. The molecule has 0 aliphatic rings. The minimum Gasteiger partial charge on any atom is -0.497 e. The van der Waals surface area contributed by atoms with Crippen LogP contribution in [-0.2, 0) is 16.0 Å². The molecule has 0 heterocycles. The monoisotopic (exact) mass is 345 g/mol. The third-order valence-electron chi connectivity index (χ3n) is 3.60. The van der Waals surface area contributed by atoms with Crippen molar-refractivity contribution in [2.45, 2.75) is 19.4 Å². The van der Waals surface area contributed by atoms with Gasteiger partial charge in [0.2, 0.25) is 0 Å². The fourth-order valence-corrected chi connectivity index (χ4v) is 2.18. The molecule has 2 rings (SSSR count). The zero-order chi connectivity index (χ0) is 18.2. The molecule has 0 saturated carbocycles. The highest BCUT2D eigenvalue weighted by molar-refractivity contribution is 5.92. The summed E-state index contributed by atoms with van der Waals surface area (Å²) in [4.78, 5) is 24.0. The first kappa shape index (κ1) is 18.4. The third-order valence-corrected chi connectivity index (χ3v) is 3.60. The maximum atomic E-state index is 13.8. The molecule has 2 aromatic rings. The van der Waals surface area contributed by atoms with Gasteiger partial charge in [0, 0.05) is 12.6 Å². The second kappa shape index (κ2) is 8.82. The van der Waals surface area contributed by atoms with Crippen LogP contribution in [0.5, 0.6) is 5.75 Å². The highest BCUT2D eigenvalue weighted by Gasteiger charge is 2.21. The fraction of sp³-hybridized carbons (Fsp3) is 0.263. The lowest BCUT2D eigenvalue weighted by Gasteiger charge is -2.14. The number of nitrogens with one attached hydrogen (secondary N) is 1. The van der Waals surface area contributed by atoms with Crippen LogP contribution in [0.2, 0.25) is 0 Å². The second-order valence-electron chi connectivity index (χ2n) is 5.42. The van der Waals surface area contributed by atoms with E-state index in [2.05, 4.69) is 5.32 Å². The molecule has 0 fully saturated rings. The summed E-state index contributed by atoms with van der Waals surface area (Å²) in [7, 11) is 1.40. The van der Waals surface area contributed by atoms with E-state index in [1.165, 1.54) is 26.2 Å². The number of hydrogen-bond acceptors (Lipinski definition) is 4. The zero-order valence-electron chi connectivity index (χ0n) is 14.1. The van der Waals surface area contributed by atoms with E-state index in [0.717, 1.165) is 11.6 Å². The van der Waals surface area contributed by atoms with Gasteiger partial charge in [-0.1, -0.05) is 30.3 Å². The highest BCUT2D eigenvalue weighted by atomic mass is 19.1. The van der Waals surface area contributed by atoms with Crippen LogP contribution in [0.4, 0.5) is 4.39 Å². The van der Waals surface area contributed by atoms with Crippen molar-refractivity contribution in [3.8, 4) is 5.75 Å². The molecular formula is C19H20FNO4. The van der Waals surface area contributed by atoms with Crippen LogP contribution in [0.3, 0.4) is 0 Å². The summed E-state index contributed by atoms with van der Waals surface area (Å²) in [6, 6.07) is 13.5. The van der Waals surface area contributed by atoms with Crippen molar-refractivity contribution in [3.05, 3.63) is 65.5 Å². The molecule has 6 heteroatoms. The molecule has 0 bridgehead atoms. The topological polar surface area (TPSA) is 64.6 Å². The summed E-state index contributed by atoms with van der Waals surface area (Å²) in [5, 5.41) is 2.69. The van der Waals surface area contributed by atoms with Gasteiger partial charge in [0.25, 0.3) is 5.91 Å². The molecule has 0 radical (unpaired) electrons. The molecule has 25 heavy (non-hydrogen) atoms. The lowest BCUT2D eigenvalue weighted by Crippen LogP contribution is -2.37. The predicted octanol–water partition coefficient (Wildman–Crippen LogP) is 2.74. The predicted molar refractivity (Wildman–Crippen MR) is 91.0 cm³/mol. The molecular weight excluding hydrogens is 325 g/mol. The number of rotatable bonds is 7. The van der Waals surface area contributed by atoms with E-state index in [0.29, 0.717) is 18.7 Å². The largest absolute Gasteiger partial charge is 0.497 e. The molecule has 0 aliphatic heterocycles. The van der Waals surface area contributed by atoms with Crippen LogP contribution in [-0.4, -0.2) is 31.6 Å². The van der Waals surface area contributed by atoms with Gasteiger partial charge in [0.15, 0.2) is 6.10 Å². The molecule has 5 nitrogen and oxygen atoms in total. The Balaban J connectivity index is 1.84. The van der Waals surface area contributed by atoms with E-state index in [9.17, 15) is 14.0 Å². The number of carbonyl (C=O) groups excluding carboxylic acids is 2. The number of amides is 1. The highest BCUT2D eigenvalue weighted by Crippen LogP contribution is 2.17.